The Morgan fingerprint density at radius 2 is 2.04 bits per heavy atom. The van der Waals surface area contributed by atoms with Crippen LogP contribution in [0.5, 0.6) is 0 Å². The third kappa shape index (κ3) is 2.29. The van der Waals surface area contributed by atoms with Crippen LogP contribution in [0.1, 0.15) is 61.8 Å². The van der Waals surface area contributed by atoms with Gasteiger partial charge in [-0.05, 0) is 49.8 Å². The fourth-order valence-corrected chi connectivity index (χ4v) is 3.47. The number of rotatable bonds is 3. The van der Waals surface area contributed by atoms with Gasteiger partial charge in [-0.15, -0.1) is 0 Å². The minimum Gasteiger partial charge on any atom is -0.461 e. The van der Waals surface area contributed by atoms with E-state index in [1.165, 1.54) is 6.42 Å². The van der Waals surface area contributed by atoms with Crippen LogP contribution in [0.3, 0.4) is 0 Å². The highest BCUT2D eigenvalue weighted by molar-refractivity contribution is 5.71. The predicted molar refractivity (Wildman–Crippen MR) is 94.6 cm³/mol. The van der Waals surface area contributed by atoms with Gasteiger partial charge < -0.3 is 4.42 Å². The lowest BCUT2D eigenvalue weighted by Crippen LogP contribution is -2.23. The quantitative estimate of drug-likeness (QED) is 0.705. The van der Waals surface area contributed by atoms with Crippen LogP contribution in [0.2, 0.25) is 0 Å². The third-order valence-electron chi connectivity index (χ3n) is 5.08. The number of hydrogen-bond acceptors (Lipinski definition) is 3. The first-order valence-corrected chi connectivity index (χ1v) is 8.67. The van der Waals surface area contributed by atoms with Crippen LogP contribution >= 0.6 is 0 Å². The van der Waals surface area contributed by atoms with Crippen molar-refractivity contribution in [3.8, 4) is 11.3 Å². The Bertz CT molecular complexity index is 961. The first-order valence-electron chi connectivity index (χ1n) is 8.67. The molecule has 0 aliphatic heterocycles. The Balaban J connectivity index is 2.01. The maximum Gasteiger partial charge on any atom is 0.261 e. The van der Waals surface area contributed by atoms with E-state index < -0.39 is 0 Å². The molecule has 0 amide bonds. The Labute approximate surface area is 141 Å². The van der Waals surface area contributed by atoms with Gasteiger partial charge in [0, 0.05) is 29.1 Å². The molecule has 0 bridgehead atoms. The molecule has 1 aliphatic rings. The Morgan fingerprint density at radius 1 is 1.25 bits per heavy atom. The van der Waals surface area contributed by atoms with Crippen molar-refractivity contribution < 1.29 is 4.42 Å². The van der Waals surface area contributed by atoms with Gasteiger partial charge in [-0.2, -0.15) is 0 Å². The van der Waals surface area contributed by atoms with Crippen molar-refractivity contribution in [1.82, 2.24) is 9.38 Å². The van der Waals surface area contributed by atoms with E-state index in [4.69, 9.17) is 4.42 Å². The smallest absolute Gasteiger partial charge is 0.261 e. The zero-order valence-electron chi connectivity index (χ0n) is 14.4. The molecule has 0 N–H and O–H groups in total. The van der Waals surface area contributed by atoms with Crippen molar-refractivity contribution in [1.29, 1.82) is 0 Å². The number of furan rings is 1. The van der Waals surface area contributed by atoms with E-state index in [1.807, 2.05) is 45.2 Å². The van der Waals surface area contributed by atoms with Crippen molar-refractivity contribution in [2.75, 3.05) is 0 Å². The zero-order valence-corrected chi connectivity index (χ0v) is 14.4. The van der Waals surface area contributed by atoms with Gasteiger partial charge in [0.05, 0.1) is 0 Å². The monoisotopic (exact) mass is 322 g/mol. The molecule has 4 rings (SSSR count). The van der Waals surface area contributed by atoms with Crippen LogP contribution in [0, 0.1) is 6.92 Å². The fraction of sp³-hybridized carbons (Fsp3) is 0.400. The zero-order chi connectivity index (χ0) is 16.8. The lowest BCUT2D eigenvalue weighted by molar-refractivity contribution is 0.420. The van der Waals surface area contributed by atoms with E-state index in [0.717, 1.165) is 46.7 Å². The molecule has 124 valence electrons. The summed E-state index contributed by atoms with van der Waals surface area (Å²) in [5.41, 5.74) is 3.80. The fourth-order valence-electron chi connectivity index (χ4n) is 3.47. The molecule has 24 heavy (non-hydrogen) atoms. The highest BCUT2D eigenvalue weighted by atomic mass is 16.3. The number of pyridine rings is 1. The first-order chi connectivity index (χ1) is 11.6. The van der Waals surface area contributed by atoms with Crippen LogP contribution in [0.4, 0.5) is 0 Å². The summed E-state index contributed by atoms with van der Waals surface area (Å²) < 4.78 is 7.57. The van der Waals surface area contributed by atoms with E-state index in [9.17, 15) is 4.79 Å². The largest absolute Gasteiger partial charge is 0.461 e. The average Bonchev–Trinajstić information content (AvgIpc) is 2.92. The number of fused-ring (bicyclic) bond motifs is 1. The van der Waals surface area contributed by atoms with Crippen LogP contribution in [-0.4, -0.2) is 9.38 Å². The molecule has 0 unspecified atom stereocenters. The molecular formula is C20H22N2O2. The third-order valence-corrected chi connectivity index (χ3v) is 5.08. The number of aryl methyl sites for hydroxylation is 1. The van der Waals surface area contributed by atoms with Crippen LogP contribution in [0.15, 0.2) is 39.8 Å². The molecule has 3 heterocycles. The van der Waals surface area contributed by atoms with Gasteiger partial charge in [-0.1, -0.05) is 20.3 Å². The molecule has 0 radical (unpaired) electrons. The summed E-state index contributed by atoms with van der Waals surface area (Å²) in [6.07, 6.45) is 7.12. The number of aromatic nitrogens is 2. The van der Waals surface area contributed by atoms with Gasteiger partial charge in [0.15, 0.2) is 0 Å². The van der Waals surface area contributed by atoms with Crippen molar-refractivity contribution in [3.05, 3.63) is 57.8 Å². The first kappa shape index (κ1) is 15.2. The van der Waals surface area contributed by atoms with Crippen LogP contribution in [0.25, 0.3) is 17.0 Å². The molecule has 0 atom stereocenters. The van der Waals surface area contributed by atoms with E-state index >= 15 is 0 Å². The van der Waals surface area contributed by atoms with Gasteiger partial charge in [0.1, 0.15) is 17.2 Å². The minimum atomic E-state index is 0.0396. The molecule has 0 saturated heterocycles. The van der Waals surface area contributed by atoms with E-state index in [2.05, 4.69) is 4.98 Å². The van der Waals surface area contributed by atoms with Crippen molar-refractivity contribution in [3.63, 3.8) is 0 Å². The molecule has 3 aromatic rings. The minimum absolute atomic E-state index is 0.0396. The van der Waals surface area contributed by atoms with Crippen molar-refractivity contribution >= 4 is 5.65 Å². The summed E-state index contributed by atoms with van der Waals surface area (Å²) >= 11 is 0. The maximum atomic E-state index is 12.8. The molecule has 0 aromatic carbocycles. The Morgan fingerprint density at radius 3 is 2.62 bits per heavy atom. The average molecular weight is 322 g/mol. The second kappa shape index (κ2) is 5.62. The summed E-state index contributed by atoms with van der Waals surface area (Å²) in [6.45, 7) is 6.00. The highest BCUT2D eigenvalue weighted by Crippen LogP contribution is 2.43. The summed E-state index contributed by atoms with van der Waals surface area (Å²) in [7, 11) is 0. The standard InChI is InChI=1S/C20H22N2O2/c1-12(2)16-11-21-19-18(14-5-4-6-14)15(9-10-22(19)20(16)23)17-8-7-13(3)24-17/h7-12,14H,4-6H2,1-3H3. The predicted octanol–water partition coefficient (Wildman–Crippen LogP) is 4.65. The summed E-state index contributed by atoms with van der Waals surface area (Å²) in [6, 6.07) is 5.99. The molecule has 0 spiro atoms. The Kier molecular flexibility index (Phi) is 3.56. The topological polar surface area (TPSA) is 47.5 Å². The molecule has 1 saturated carbocycles. The van der Waals surface area contributed by atoms with Gasteiger partial charge in [-0.3, -0.25) is 9.20 Å². The van der Waals surface area contributed by atoms with Crippen LogP contribution in [-0.2, 0) is 0 Å². The molecule has 1 aliphatic carbocycles. The molecule has 4 heteroatoms. The summed E-state index contributed by atoms with van der Waals surface area (Å²) in [5, 5.41) is 0. The molecule has 1 fully saturated rings. The van der Waals surface area contributed by atoms with Gasteiger partial charge in [0.2, 0.25) is 0 Å². The number of nitrogens with zero attached hydrogens (tertiary/aromatic N) is 2. The van der Waals surface area contributed by atoms with Crippen molar-refractivity contribution in [2.45, 2.75) is 51.9 Å². The van der Waals surface area contributed by atoms with Gasteiger partial charge >= 0.3 is 0 Å². The molecular weight excluding hydrogens is 300 g/mol. The molecule has 4 nitrogen and oxygen atoms in total. The number of hydrogen-bond donors (Lipinski definition) is 0. The maximum absolute atomic E-state index is 12.8. The molecule has 3 aromatic heterocycles. The SMILES string of the molecule is Cc1ccc(-c2ccn3c(=O)c(C(C)C)cnc3c2C2CCC2)o1. The van der Waals surface area contributed by atoms with Gasteiger partial charge in [0.25, 0.3) is 5.56 Å². The van der Waals surface area contributed by atoms with Gasteiger partial charge in [-0.25, -0.2) is 4.98 Å². The normalized spacial score (nSPS) is 15.2. The second-order valence-electron chi connectivity index (χ2n) is 7.05. The lowest BCUT2D eigenvalue weighted by Gasteiger charge is -2.28. The summed E-state index contributed by atoms with van der Waals surface area (Å²) in [5.74, 6) is 2.38. The van der Waals surface area contributed by atoms with Crippen LogP contribution < -0.4 is 5.56 Å². The second-order valence-corrected chi connectivity index (χ2v) is 7.05. The highest BCUT2D eigenvalue weighted by Gasteiger charge is 2.27. The van der Waals surface area contributed by atoms with E-state index in [0.29, 0.717) is 5.92 Å². The van der Waals surface area contributed by atoms with Crippen molar-refractivity contribution in [2.24, 2.45) is 0 Å². The Hall–Kier alpha value is -2.36. The van der Waals surface area contributed by atoms with E-state index in [-0.39, 0.29) is 11.5 Å². The lowest BCUT2D eigenvalue weighted by atomic mass is 9.78. The van der Waals surface area contributed by atoms with E-state index in [1.54, 1.807) is 10.6 Å². The summed E-state index contributed by atoms with van der Waals surface area (Å²) in [4.78, 5) is 17.5.